The molecule has 0 bridgehead atoms. The molecule has 0 radical (unpaired) electrons. The van der Waals surface area contributed by atoms with Crippen LogP contribution in [0.4, 0.5) is 11.4 Å². The Balaban J connectivity index is 3.29. The van der Waals surface area contributed by atoms with E-state index in [0.29, 0.717) is 0 Å². The zero-order chi connectivity index (χ0) is 15.3. The predicted octanol–water partition coefficient (Wildman–Crippen LogP) is -0.579. The Kier molecular flexibility index (Phi) is 4.97. The molecule has 0 spiro atoms. The number of nitrogens with one attached hydrogen (secondary N) is 1. The Bertz CT molecular complexity index is 505. The number of carboxylic acid groups (broad SMARTS) is 1. The molecular weight excluding hydrogens is 272 g/mol. The van der Waals surface area contributed by atoms with E-state index < -0.39 is 36.3 Å². The first-order chi connectivity index (χ1) is 9.39. The summed E-state index contributed by atoms with van der Waals surface area (Å²) in [6, 6.07) is 3.01. The molecule has 1 rings (SSSR count). The zero-order valence-electron chi connectivity index (χ0n) is 10.3. The maximum Gasteiger partial charge on any atom is 0.337 e. The van der Waals surface area contributed by atoms with Gasteiger partial charge in [0.25, 0.3) is 5.69 Å². The SMILES string of the molecule is O=C(O)c1ccc([N+](=O)[O-])cc1NC(CO)(CO)CO. The lowest BCUT2D eigenvalue weighted by atomic mass is 10.0. The summed E-state index contributed by atoms with van der Waals surface area (Å²) in [6.07, 6.45) is 0. The van der Waals surface area contributed by atoms with Gasteiger partial charge in [-0.1, -0.05) is 0 Å². The van der Waals surface area contributed by atoms with Crippen LogP contribution in [-0.4, -0.2) is 56.7 Å². The molecule has 0 unspecified atom stereocenters. The van der Waals surface area contributed by atoms with Crippen molar-refractivity contribution in [3.05, 3.63) is 33.9 Å². The minimum absolute atomic E-state index is 0.177. The van der Waals surface area contributed by atoms with Crippen LogP contribution >= 0.6 is 0 Å². The third kappa shape index (κ3) is 3.20. The fourth-order valence-electron chi connectivity index (χ4n) is 1.49. The fourth-order valence-corrected chi connectivity index (χ4v) is 1.49. The van der Waals surface area contributed by atoms with Crippen molar-refractivity contribution in [1.82, 2.24) is 0 Å². The Morgan fingerprint density at radius 3 is 2.20 bits per heavy atom. The topological polar surface area (TPSA) is 153 Å². The lowest BCUT2D eigenvalue weighted by Crippen LogP contribution is -2.49. The molecule has 0 heterocycles. The van der Waals surface area contributed by atoms with Gasteiger partial charge in [0.05, 0.1) is 36.0 Å². The van der Waals surface area contributed by atoms with Crippen molar-refractivity contribution in [2.45, 2.75) is 5.54 Å². The largest absolute Gasteiger partial charge is 0.478 e. The van der Waals surface area contributed by atoms with E-state index in [0.717, 1.165) is 18.2 Å². The molecule has 1 aromatic carbocycles. The van der Waals surface area contributed by atoms with Gasteiger partial charge in [-0.15, -0.1) is 0 Å². The maximum absolute atomic E-state index is 11.1. The number of nitrogens with zero attached hydrogens (tertiary/aromatic N) is 1. The summed E-state index contributed by atoms with van der Waals surface area (Å²) >= 11 is 0. The molecule has 0 aliphatic carbocycles. The van der Waals surface area contributed by atoms with Gasteiger partial charge in [0, 0.05) is 12.1 Å². The number of carboxylic acids is 1. The number of non-ortho nitro benzene ring substituents is 1. The van der Waals surface area contributed by atoms with Crippen molar-refractivity contribution < 1.29 is 30.1 Å². The fraction of sp³-hybridized carbons (Fsp3) is 0.364. The molecule has 20 heavy (non-hydrogen) atoms. The van der Waals surface area contributed by atoms with Crippen LogP contribution in [0, 0.1) is 10.1 Å². The van der Waals surface area contributed by atoms with E-state index in [9.17, 15) is 30.2 Å². The molecule has 0 aromatic heterocycles. The van der Waals surface area contributed by atoms with Crippen LogP contribution in [0.3, 0.4) is 0 Å². The van der Waals surface area contributed by atoms with Crippen molar-refractivity contribution in [2.24, 2.45) is 0 Å². The highest BCUT2D eigenvalue weighted by molar-refractivity contribution is 5.95. The van der Waals surface area contributed by atoms with Crippen molar-refractivity contribution in [1.29, 1.82) is 0 Å². The lowest BCUT2D eigenvalue weighted by molar-refractivity contribution is -0.384. The van der Waals surface area contributed by atoms with E-state index in [1.807, 2.05) is 0 Å². The highest BCUT2D eigenvalue weighted by Crippen LogP contribution is 2.25. The molecule has 9 nitrogen and oxygen atoms in total. The minimum atomic E-state index is -1.58. The molecule has 5 N–H and O–H groups in total. The number of hydrogen-bond acceptors (Lipinski definition) is 7. The van der Waals surface area contributed by atoms with Gasteiger partial charge in [-0.2, -0.15) is 0 Å². The summed E-state index contributed by atoms with van der Waals surface area (Å²) in [5, 5.41) is 49.7. The molecule has 1 aromatic rings. The highest BCUT2D eigenvalue weighted by atomic mass is 16.6. The molecule has 0 saturated heterocycles. The third-order valence-electron chi connectivity index (χ3n) is 2.75. The quantitative estimate of drug-likeness (QED) is 0.329. The number of aliphatic hydroxyl groups excluding tert-OH is 3. The molecule has 0 amide bonds. The van der Waals surface area contributed by atoms with Crippen LogP contribution in [0.2, 0.25) is 0 Å². The number of carbonyl (C=O) groups is 1. The van der Waals surface area contributed by atoms with E-state index in [-0.39, 0.29) is 16.9 Å². The second-order valence-corrected chi connectivity index (χ2v) is 4.17. The zero-order valence-corrected chi connectivity index (χ0v) is 10.3. The van der Waals surface area contributed by atoms with E-state index in [1.165, 1.54) is 0 Å². The minimum Gasteiger partial charge on any atom is -0.478 e. The molecule has 9 heteroatoms. The summed E-state index contributed by atoms with van der Waals surface area (Å²) in [5.74, 6) is -1.34. The smallest absolute Gasteiger partial charge is 0.337 e. The van der Waals surface area contributed by atoms with Crippen LogP contribution in [0.1, 0.15) is 10.4 Å². The van der Waals surface area contributed by atoms with Crippen LogP contribution < -0.4 is 5.32 Å². The van der Waals surface area contributed by atoms with Crippen molar-refractivity contribution in [2.75, 3.05) is 25.1 Å². The number of benzene rings is 1. The summed E-state index contributed by atoms with van der Waals surface area (Å²) in [7, 11) is 0. The van der Waals surface area contributed by atoms with Gasteiger partial charge in [0.1, 0.15) is 5.54 Å². The molecule has 0 fully saturated rings. The molecule has 0 aliphatic heterocycles. The first-order valence-electron chi connectivity index (χ1n) is 5.51. The third-order valence-corrected chi connectivity index (χ3v) is 2.75. The summed E-state index contributed by atoms with van der Waals surface area (Å²) in [6.45, 7) is -2.08. The number of nitro groups is 1. The maximum atomic E-state index is 11.1. The molecule has 0 saturated carbocycles. The second-order valence-electron chi connectivity index (χ2n) is 4.17. The highest BCUT2D eigenvalue weighted by Gasteiger charge is 2.30. The molecule has 0 atom stereocenters. The number of rotatable bonds is 7. The summed E-state index contributed by atoms with van der Waals surface area (Å²) < 4.78 is 0. The van der Waals surface area contributed by atoms with Gasteiger partial charge >= 0.3 is 5.97 Å². The first-order valence-corrected chi connectivity index (χ1v) is 5.51. The Morgan fingerprint density at radius 2 is 1.80 bits per heavy atom. The van der Waals surface area contributed by atoms with E-state index in [4.69, 9.17) is 5.11 Å². The van der Waals surface area contributed by atoms with Gasteiger partial charge in [-0.3, -0.25) is 10.1 Å². The van der Waals surface area contributed by atoms with Gasteiger partial charge in [-0.05, 0) is 6.07 Å². The van der Waals surface area contributed by atoms with Crippen LogP contribution in [-0.2, 0) is 0 Å². The lowest BCUT2D eigenvalue weighted by Gasteiger charge is -2.30. The number of anilines is 1. The van der Waals surface area contributed by atoms with Crippen LogP contribution in [0.15, 0.2) is 18.2 Å². The Morgan fingerprint density at radius 1 is 1.25 bits per heavy atom. The predicted molar refractivity (Wildman–Crippen MR) is 67.7 cm³/mol. The normalized spacial score (nSPS) is 11.2. The standard InChI is InChI=1S/C11H14N2O7/c14-4-11(5-15,6-16)12-9-3-7(13(19)20)1-2-8(9)10(17)18/h1-3,12,14-16H,4-6H2,(H,17,18). The summed E-state index contributed by atoms with van der Waals surface area (Å²) in [5.41, 5.74) is -2.40. The molecule has 110 valence electrons. The van der Waals surface area contributed by atoms with Crippen molar-refractivity contribution >= 4 is 17.3 Å². The first kappa shape index (κ1) is 15.8. The number of aliphatic hydroxyl groups is 3. The monoisotopic (exact) mass is 286 g/mol. The van der Waals surface area contributed by atoms with Gasteiger partial charge in [0.2, 0.25) is 0 Å². The number of hydrogen-bond donors (Lipinski definition) is 5. The average Bonchev–Trinajstić information content (AvgIpc) is 2.44. The molecular formula is C11H14N2O7. The average molecular weight is 286 g/mol. The van der Waals surface area contributed by atoms with Gasteiger partial charge < -0.3 is 25.7 Å². The Hall–Kier alpha value is -2.23. The molecule has 0 aliphatic rings. The van der Waals surface area contributed by atoms with Crippen molar-refractivity contribution in [3.8, 4) is 0 Å². The van der Waals surface area contributed by atoms with Gasteiger partial charge in [-0.25, -0.2) is 4.79 Å². The van der Waals surface area contributed by atoms with Crippen LogP contribution in [0.25, 0.3) is 0 Å². The second kappa shape index (κ2) is 6.28. The summed E-state index contributed by atoms with van der Waals surface area (Å²) in [4.78, 5) is 21.0. The van der Waals surface area contributed by atoms with E-state index >= 15 is 0 Å². The van der Waals surface area contributed by atoms with E-state index in [2.05, 4.69) is 5.32 Å². The van der Waals surface area contributed by atoms with Crippen LogP contribution in [0.5, 0.6) is 0 Å². The van der Waals surface area contributed by atoms with E-state index in [1.54, 1.807) is 0 Å². The van der Waals surface area contributed by atoms with Crippen molar-refractivity contribution in [3.63, 3.8) is 0 Å². The number of nitro benzene ring substituents is 1. The van der Waals surface area contributed by atoms with Gasteiger partial charge in [0.15, 0.2) is 0 Å². The Labute approximate surface area is 113 Å². The number of aromatic carboxylic acids is 1.